The van der Waals surface area contributed by atoms with Crippen LogP contribution in [0.1, 0.15) is 23.5 Å². The molecule has 2 rings (SSSR count). The first-order chi connectivity index (χ1) is 6.83. The van der Waals surface area contributed by atoms with Gasteiger partial charge in [-0.1, -0.05) is 12.1 Å². The third kappa shape index (κ3) is 1.64. The maximum absolute atomic E-state index is 13.2. The van der Waals surface area contributed by atoms with Crippen LogP contribution in [0.2, 0.25) is 0 Å². The summed E-state index contributed by atoms with van der Waals surface area (Å²) >= 11 is 0. The van der Waals surface area contributed by atoms with Crippen molar-refractivity contribution in [2.75, 3.05) is 13.1 Å². The summed E-state index contributed by atoms with van der Waals surface area (Å²) in [5.41, 5.74) is 1.07. The summed E-state index contributed by atoms with van der Waals surface area (Å²) in [6.07, 6.45) is 0.969. The van der Waals surface area contributed by atoms with Crippen molar-refractivity contribution in [2.45, 2.75) is 19.0 Å². The number of alkyl halides is 1. The molecule has 1 aromatic carbocycles. The summed E-state index contributed by atoms with van der Waals surface area (Å²) in [6.45, 7) is 1.06. The van der Waals surface area contributed by atoms with Gasteiger partial charge >= 0.3 is 0 Å². The molecule has 0 aliphatic carbocycles. The van der Waals surface area contributed by atoms with Gasteiger partial charge in [-0.2, -0.15) is 0 Å². The van der Waals surface area contributed by atoms with E-state index in [1.165, 1.54) is 6.07 Å². The number of hydrogen-bond acceptors (Lipinski definition) is 1. The Morgan fingerprint density at radius 2 is 2.29 bits per heavy atom. The average molecular weight is 197 g/mol. The molecule has 0 bridgehead atoms. The predicted molar refractivity (Wildman–Crippen MR) is 51.4 cm³/mol. The van der Waals surface area contributed by atoms with Crippen LogP contribution in [0.25, 0.3) is 0 Å². The zero-order valence-electron chi connectivity index (χ0n) is 7.89. The minimum absolute atomic E-state index is 0.237. The van der Waals surface area contributed by atoms with Crippen LogP contribution in [0.3, 0.4) is 0 Å². The largest absolute Gasteiger partial charge is 0.316 e. The molecule has 0 saturated carbocycles. The first-order valence-electron chi connectivity index (χ1n) is 4.87. The van der Waals surface area contributed by atoms with Crippen molar-refractivity contribution in [1.29, 1.82) is 0 Å². The lowest BCUT2D eigenvalue weighted by molar-refractivity contribution is 0.457. The molecule has 1 N–H and O–H groups in total. The van der Waals surface area contributed by atoms with Crippen molar-refractivity contribution in [3.63, 3.8) is 0 Å². The minimum atomic E-state index is -0.710. The Bertz CT molecular complexity index is 319. The Kier molecular flexibility index (Phi) is 2.77. The third-order valence-corrected chi connectivity index (χ3v) is 2.79. The minimum Gasteiger partial charge on any atom is -0.316 e. The van der Waals surface area contributed by atoms with E-state index < -0.39 is 12.5 Å². The monoisotopic (exact) mass is 197 g/mol. The van der Waals surface area contributed by atoms with Crippen LogP contribution in [0, 0.1) is 5.82 Å². The molecule has 0 aromatic heterocycles. The van der Waals surface area contributed by atoms with Gasteiger partial charge in [0, 0.05) is 12.1 Å². The molecule has 1 atom stereocenters. The van der Waals surface area contributed by atoms with Gasteiger partial charge in [0.2, 0.25) is 0 Å². The van der Waals surface area contributed by atoms with E-state index in [4.69, 9.17) is 0 Å². The van der Waals surface area contributed by atoms with Gasteiger partial charge in [-0.15, -0.1) is 0 Å². The van der Waals surface area contributed by atoms with E-state index in [-0.39, 0.29) is 11.5 Å². The van der Waals surface area contributed by atoms with E-state index in [0.29, 0.717) is 0 Å². The highest BCUT2D eigenvalue weighted by molar-refractivity contribution is 5.32. The van der Waals surface area contributed by atoms with Gasteiger partial charge in [0.25, 0.3) is 0 Å². The van der Waals surface area contributed by atoms with E-state index in [0.717, 1.165) is 25.1 Å². The molecule has 1 unspecified atom stereocenters. The molecule has 1 saturated heterocycles. The van der Waals surface area contributed by atoms with Gasteiger partial charge in [0.05, 0.1) is 0 Å². The van der Waals surface area contributed by atoms with Crippen molar-refractivity contribution in [1.82, 2.24) is 5.32 Å². The van der Waals surface area contributed by atoms with Gasteiger partial charge in [-0.25, -0.2) is 8.78 Å². The lowest BCUT2D eigenvalue weighted by atomic mass is 9.94. The Balaban J connectivity index is 2.35. The van der Waals surface area contributed by atoms with Crippen molar-refractivity contribution in [2.24, 2.45) is 0 Å². The number of halogens is 2. The Morgan fingerprint density at radius 3 is 2.93 bits per heavy atom. The Hall–Kier alpha value is -0.960. The Labute approximate surface area is 82.1 Å². The number of hydrogen-bond donors (Lipinski definition) is 1. The predicted octanol–water partition coefficient (Wildman–Crippen LogP) is 2.37. The van der Waals surface area contributed by atoms with Crippen molar-refractivity contribution >= 4 is 0 Å². The third-order valence-electron chi connectivity index (χ3n) is 2.79. The summed E-state index contributed by atoms with van der Waals surface area (Å²) in [4.78, 5) is 0. The second-order valence-electron chi connectivity index (χ2n) is 3.63. The summed E-state index contributed by atoms with van der Waals surface area (Å²) in [7, 11) is 0. The van der Waals surface area contributed by atoms with Crippen LogP contribution in [0.5, 0.6) is 0 Å². The van der Waals surface area contributed by atoms with Gasteiger partial charge < -0.3 is 5.32 Å². The zero-order chi connectivity index (χ0) is 9.97. The topological polar surface area (TPSA) is 12.0 Å². The van der Waals surface area contributed by atoms with Crippen molar-refractivity contribution in [3.8, 4) is 0 Å². The molecule has 14 heavy (non-hydrogen) atoms. The molecule has 76 valence electrons. The van der Waals surface area contributed by atoms with E-state index in [2.05, 4.69) is 5.32 Å². The van der Waals surface area contributed by atoms with Gasteiger partial charge in [-0.05, 0) is 30.5 Å². The Morgan fingerprint density at radius 1 is 1.43 bits per heavy atom. The van der Waals surface area contributed by atoms with Crippen LogP contribution in [-0.2, 0) is 6.67 Å². The SMILES string of the molecule is FCc1c(F)cccc1C1CCNC1. The maximum atomic E-state index is 13.2. The van der Waals surface area contributed by atoms with Crippen molar-refractivity contribution < 1.29 is 8.78 Å². The number of rotatable bonds is 2. The molecular formula is C11H13F2N. The second kappa shape index (κ2) is 4.05. The fourth-order valence-corrected chi connectivity index (χ4v) is 2.02. The first-order valence-corrected chi connectivity index (χ1v) is 4.87. The quantitative estimate of drug-likeness (QED) is 0.767. The molecule has 1 aliphatic rings. The highest BCUT2D eigenvalue weighted by Crippen LogP contribution is 2.27. The van der Waals surface area contributed by atoms with Gasteiger partial charge in [0.15, 0.2) is 0 Å². The standard InChI is InChI=1S/C11H13F2N/c12-6-10-9(2-1-3-11(10)13)8-4-5-14-7-8/h1-3,8,14H,4-7H2. The lowest BCUT2D eigenvalue weighted by Gasteiger charge is -2.13. The fourth-order valence-electron chi connectivity index (χ4n) is 2.02. The normalized spacial score (nSPS) is 21.4. The summed E-state index contributed by atoms with van der Waals surface area (Å²) in [5.74, 6) is -0.145. The summed E-state index contributed by atoms with van der Waals surface area (Å²) in [6, 6.07) is 4.80. The van der Waals surface area contributed by atoms with Crippen molar-refractivity contribution in [3.05, 3.63) is 35.1 Å². The average Bonchev–Trinajstić information content (AvgIpc) is 2.70. The molecule has 0 spiro atoms. The highest BCUT2D eigenvalue weighted by atomic mass is 19.1. The van der Waals surface area contributed by atoms with E-state index in [9.17, 15) is 8.78 Å². The van der Waals surface area contributed by atoms with Crippen LogP contribution in [0.15, 0.2) is 18.2 Å². The van der Waals surface area contributed by atoms with Gasteiger partial charge in [0.1, 0.15) is 12.5 Å². The molecule has 0 radical (unpaired) electrons. The van der Waals surface area contributed by atoms with Gasteiger partial charge in [-0.3, -0.25) is 0 Å². The molecular weight excluding hydrogens is 184 g/mol. The molecule has 1 fully saturated rings. The van der Waals surface area contributed by atoms with Crippen LogP contribution >= 0.6 is 0 Å². The lowest BCUT2D eigenvalue weighted by Crippen LogP contribution is -2.09. The van der Waals surface area contributed by atoms with Crippen LogP contribution in [0.4, 0.5) is 8.78 Å². The van der Waals surface area contributed by atoms with Crippen LogP contribution < -0.4 is 5.32 Å². The number of nitrogens with one attached hydrogen (secondary N) is 1. The zero-order valence-corrected chi connectivity index (χ0v) is 7.89. The van der Waals surface area contributed by atoms with E-state index in [1.54, 1.807) is 6.07 Å². The van der Waals surface area contributed by atoms with Crippen LogP contribution in [-0.4, -0.2) is 13.1 Å². The molecule has 0 amide bonds. The summed E-state index contributed by atoms with van der Waals surface area (Å²) < 4.78 is 25.9. The molecule has 3 heteroatoms. The second-order valence-corrected chi connectivity index (χ2v) is 3.63. The van der Waals surface area contributed by atoms with E-state index >= 15 is 0 Å². The molecule has 1 aromatic rings. The molecule has 1 heterocycles. The van der Waals surface area contributed by atoms with E-state index in [1.807, 2.05) is 6.07 Å². The fraction of sp³-hybridized carbons (Fsp3) is 0.455. The number of benzene rings is 1. The highest BCUT2D eigenvalue weighted by Gasteiger charge is 2.20. The molecule has 1 nitrogen and oxygen atoms in total. The summed E-state index contributed by atoms with van der Waals surface area (Å²) in [5, 5.41) is 3.20. The molecule has 1 aliphatic heterocycles. The first kappa shape index (κ1) is 9.59. The smallest absolute Gasteiger partial charge is 0.129 e. The maximum Gasteiger partial charge on any atom is 0.129 e.